The van der Waals surface area contributed by atoms with Crippen molar-refractivity contribution in [2.24, 2.45) is 0 Å². The van der Waals surface area contributed by atoms with E-state index in [1.807, 2.05) is 13.0 Å². The number of benzene rings is 2. The van der Waals surface area contributed by atoms with E-state index >= 15 is 0 Å². The maximum absolute atomic E-state index is 14.9. The van der Waals surface area contributed by atoms with Crippen molar-refractivity contribution in [2.45, 2.75) is 6.92 Å². The second-order valence-corrected chi connectivity index (χ2v) is 8.53. The zero-order valence-electron chi connectivity index (χ0n) is 19.9. The van der Waals surface area contributed by atoms with Crippen LogP contribution in [0.4, 0.5) is 16.0 Å². The molecule has 0 radical (unpaired) electrons. The molecule has 3 N–H and O–H groups in total. The normalized spacial score (nSPS) is 14.1. The molecule has 4 aromatic rings. The number of H-pyrrole nitrogens is 1. The molecule has 2 aromatic carbocycles. The predicted molar refractivity (Wildman–Crippen MR) is 134 cm³/mol. The Morgan fingerprint density at radius 1 is 1.19 bits per heavy atom. The van der Waals surface area contributed by atoms with Crippen molar-refractivity contribution in [1.29, 1.82) is 0 Å². The summed E-state index contributed by atoms with van der Waals surface area (Å²) >= 11 is 0. The number of aromatic nitrogens is 3. The molecule has 1 aliphatic rings. The predicted octanol–water partition coefficient (Wildman–Crippen LogP) is 4.00. The van der Waals surface area contributed by atoms with Crippen molar-refractivity contribution in [1.82, 2.24) is 25.2 Å². The van der Waals surface area contributed by atoms with Gasteiger partial charge in [-0.05, 0) is 43.3 Å². The standard InChI is InChI=1S/C26H27FN6O3/c1-17-15-20-21(30-17)5-6-22(24(20)27)36-23-7-8-29-26(32-23)31-19-4-2-3-18(16-19)25(34)28-9-10-33-11-13-35-14-12-33/h2-8,15-16,30H,9-14H2,1H3,(H,28,34)(H,29,31,32). The maximum atomic E-state index is 14.9. The number of nitrogens with zero attached hydrogens (tertiary/aromatic N) is 3. The topological polar surface area (TPSA) is 104 Å². The second kappa shape index (κ2) is 10.7. The van der Waals surface area contributed by atoms with Crippen LogP contribution in [0.25, 0.3) is 10.9 Å². The van der Waals surface area contributed by atoms with Gasteiger partial charge in [0, 0.05) is 66.3 Å². The molecule has 0 aliphatic carbocycles. The summed E-state index contributed by atoms with van der Waals surface area (Å²) < 4.78 is 25.9. The molecule has 1 saturated heterocycles. The van der Waals surface area contributed by atoms with Gasteiger partial charge in [0.15, 0.2) is 11.6 Å². The number of hydrogen-bond acceptors (Lipinski definition) is 7. The fraction of sp³-hybridized carbons (Fsp3) is 0.269. The Kier molecular flexibility index (Phi) is 7.06. The molecule has 186 valence electrons. The first kappa shape index (κ1) is 23.7. The van der Waals surface area contributed by atoms with Gasteiger partial charge in [0.1, 0.15) is 0 Å². The molecule has 0 spiro atoms. The number of halogens is 1. The molecule has 0 saturated carbocycles. The third-order valence-corrected chi connectivity index (χ3v) is 5.88. The number of carbonyl (C=O) groups is 1. The zero-order valence-corrected chi connectivity index (χ0v) is 19.9. The van der Waals surface area contributed by atoms with Crippen molar-refractivity contribution in [3.05, 3.63) is 71.8 Å². The third kappa shape index (κ3) is 5.61. The van der Waals surface area contributed by atoms with Gasteiger partial charge < -0.3 is 25.1 Å². The largest absolute Gasteiger partial charge is 0.436 e. The Hall–Kier alpha value is -4.02. The molecular weight excluding hydrogens is 463 g/mol. The minimum Gasteiger partial charge on any atom is -0.436 e. The summed E-state index contributed by atoms with van der Waals surface area (Å²) in [6.45, 7) is 6.43. The molecule has 0 atom stereocenters. The van der Waals surface area contributed by atoms with E-state index in [0.717, 1.165) is 38.5 Å². The highest BCUT2D eigenvalue weighted by Gasteiger charge is 2.14. The van der Waals surface area contributed by atoms with Crippen molar-refractivity contribution in [3.8, 4) is 11.6 Å². The van der Waals surface area contributed by atoms with Crippen LogP contribution in [-0.4, -0.2) is 65.2 Å². The van der Waals surface area contributed by atoms with Gasteiger partial charge in [-0.25, -0.2) is 9.37 Å². The monoisotopic (exact) mass is 490 g/mol. The fourth-order valence-corrected chi connectivity index (χ4v) is 4.06. The Morgan fingerprint density at radius 2 is 2.06 bits per heavy atom. The Labute approximate surface area is 207 Å². The number of nitrogens with one attached hydrogen (secondary N) is 3. The van der Waals surface area contributed by atoms with Gasteiger partial charge in [-0.1, -0.05) is 6.07 Å². The van der Waals surface area contributed by atoms with Gasteiger partial charge in [-0.3, -0.25) is 9.69 Å². The number of fused-ring (bicyclic) bond motifs is 1. The van der Waals surface area contributed by atoms with E-state index in [9.17, 15) is 9.18 Å². The van der Waals surface area contributed by atoms with Crippen LogP contribution in [0.2, 0.25) is 0 Å². The SMILES string of the molecule is Cc1cc2c(F)c(Oc3ccnc(Nc4cccc(C(=O)NCCN5CCOCC5)c4)n3)ccc2[nH]1. The van der Waals surface area contributed by atoms with E-state index in [1.54, 1.807) is 42.5 Å². The first-order valence-corrected chi connectivity index (χ1v) is 11.8. The Bertz CT molecular complexity index is 1370. The summed E-state index contributed by atoms with van der Waals surface area (Å²) in [7, 11) is 0. The first-order valence-electron chi connectivity index (χ1n) is 11.8. The molecule has 0 unspecified atom stereocenters. The van der Waals surface area contributed by atoms with Crippen LogP contribution in [0, 0.1) is 12.7 Å². The molecule has 1 amide bonds. The lowest BCUT2D eigenvalue weighted by atomic mass is 10.2. The lowest BCUT2D eigenvalue weighted by molar-refractivity contribution is 0.0383. The number of anilines is 2. The van der Waals surface area contributed by atoms with Crippen molar-refractivity contribution in [2.75, 3.05) is 44.7 Å². The van der Waals surface area contributed by atoms with Crippen LogP contribution in [0.1, 0.15) is 16.1 Å². The maximum Gasteiger partial charge on any atom is 0.251 e. The van der Waals surface area contributed by atoms with E-state index in [-0.39, 0.29) is 23.5 Å². The van der Waals surface area contributed by atoms with E-state index in [4.69, 9.17) is 9.47 Å². The number of aryl methyl sites for hydroxylation is 1. The van der Waals surface area contributed by atoms with Gasteiger partial charge in [0.25, 0.3) is 5.91 Å². The highest BCUT2D eigenvalue weighted by Crippen LogP contribution is 2.30. The minimum absolute atomic E-state index is 0.0712. The second-order valence-electron chi connectivity index (χ2n) is 8.53. The van der Waals surface area contributed by atoms with Gasteiger partial charge in [-0.15, -0.1) is 0 Å². The van der Waals surface area contributed by atoms with Crippen molar-refractivity contribution < 1.29 is 18.7 Å². The summed E-state index contributed by atoms with van der Waals surface area (Å²) in [5.41, 5.74) is 2.73. The summed E-state index contributed by atoms with van der Waals surface area (Å²) in [5, 5.41) is 6.49. The van der Waals surface area contributed by atoms with Gasteiger partial charge in [-0.2, -0.15) is 4.98 Å². The highest BCUT2D eigenvalue weighted by atomic mass is 19.1. The summed E-state index contributed by atoms with van der Waals surface area (Å²) in [5.74, 6) is -0.0960. The molecule has 0 bridgehead atoms. The number of carbonyl (C=O) groups excluding carboxylic acids is 1. The molecule has 3 heterocycles. The number of ether oxygens (including phenoxy) is 2. The van der Waals surface area contributed by atoms with E-state index in [2.05, 4.69) is 30.5 Å². The molecule has 1 aliphatic heterocycles. The van der Waals surface area contributed by atoms with Crippen molar-refractivity contribution in [3.63, 3.8) is 0 Å². The molecule has 2 aromatic heterocycles. The molecule has 10 heteroatoms. The summed E-state index contributed by atoms with van der Waals surface area (Å²) in [6, 6.07) is 13.7. The van der Waals surface area contributed by atoms with Crippen LogP contribution >= 0.6 is 0 Å². The quantitative estimate of drug-likeness (QED) is 0.343. The van der Waals surface area contributed by atoms with Crippen LogP contribution in [-0.2, 0) is 4.74 Å². The molecule has 5 rings (SSSR count). The van der Waals surface area contributed by atoms with Crippen molar-refractivity contribution >= 4 is 28.4 Å². The van der Waals surface area contributed by atoms with Crippen LogP contribution in [0.3, 0.4) is 0 Å². The fourth-order valence-electron chi connectivity index (χ4n) is 4.06. The molecule has 1 fully saturated rings. The lowest BCUT2D eigenvalue weighted by Crippen LogP contribution is -2.41. The first-order chi connectivity index (χ1) is 17.5. The molecular formula is C26H27FN6O3. The third-order valence-electron chi connectivity index (χ3n) is 5.88. The summed E-state index contributed by atoms with van der Waals surface area (Å²) in [4.78, 5) is 26.5. The number of hydrogen-bond donors (Lipinski definition) is 3. The average molecular weight is 491 g/mol. The minimum atomic E-state index is -0.461. The van der Waals surface area contributed by atoms with Gasteiger partial charge in [0.2, 0.25) is 11.8 Å². The lowest BCUT2D eigenvalue weighted by Gasteiger charge is -2.26. The average Bonchev–Trinajstić information content (AvgIpc) is 3.28. The smallest absolute Gasteiger partial charge is 0.251 e. The van der Waals surface area contributed by atoms with Crippen LogP contribution in [0.15, 0.2) is 54.7 Å². The Balaban J connectivity index is 1.22. The Morgan fingerprint density at radius 3 is 2.92 bits per heavy atom. The summed E-state index contributed by atoms with van der Waals surface area (Å²) in [6.07, 6.45) is 1.52. The van der Waals surface area contributed by atoms with E-state index < -0.39 is 5.82 Å². The van der Waals surface area contributed by atoms with Gasteiger partial charge in [0.05, 0.1) is 13.2 Å². The molecule has 9 nitrogen and oxygen atoms in total. The van der Waals surface area contributed by atoms with E-state index in [0.29, 0.717) is 28.7 Å². The number of morpholine rings is 1. The van der Waals surface area contributed by atoms with E-state index in [1.165, 1.54) is 6.20 Å². The van der Waals surface area contributed by atoms with Gasteiger partial charge >= 0.3 is 0 Å². The molecule has 36 heavy (non-hydrogen) atoms. The van der Waals surface area contributed by atoms with Crippen LogP contribution in [0.5, 0.6) is 11.6 Å². The zero-order chi connectivity index (χ0) is 24.9. The number of amides is 1. The highest BCUT2D eigenvalue weighted by molar-refractivity contribution is 5.95. The van der Waals surface area contributed by atoms with Crippen LogP contribution < -0.4 is 15.4 Å². The number of rotatable bonds is 8. The number of aromatic amines is 1.